The molecule has 0 atom stereocenters. The molecule has 0 aliphatic carbocycles. The zero-order valence-electron chi connectivity index (χ0n) is 9.45. The molecule has 0 aliphatic rings. The maximum absolute atomic E-state index is 12.1. The highest BCUT2D eigenvalue weighted by molar-refractivity contribution is 9.10. The zero-order valence-corrected chi connectivity index (χ0v) is 12.6. The Bertz CT molecular complexity index is 649. The molecule has 0 saturated carbocycles. The summed E-state index contributed by atoms with van der Waals surface area (Å²) >= 11 is 14.9. The van der Waals surface area contributed by atoms with Gasteiger partial charge in [0.2, 0.25) is 0 Å². The molecular weight excluding hydrogens is 353 g/mol. The number of amides is 1. The largest absolute Gasteiger partial charge is 0.397 e. The monoisotopic (exact) mass is 359 g/mol. The topological polar surface area (TPSA) is 68.0 Å². The van der Waals surface area contributed by atoms with E-state index in [4.69, 9.17) is 28.9 Å². The Morgan fingerprint density at radius 3 is 2.74 bits per heavy atom. The van der Waals surface area contributed by atoms with Gasteiger partial charge in [0.1, 0.15) is 5.15 Å². The number of pyridine rings is 1. The van der Waals surface area contributed by atoms with Gasteiger partial charge in [-0.1, -0.05) is 23.2 Å². The van der Waals surface area contributed by atoms with Crippen LogP contribution in [0.25, 0.3) is 0 Å². The molecule has 4 nitrogen and oxygen atoms in total. The molecule has 0 fully saturated rings. The second-order valence-electron chi connectivity index (χ2n) is 3.67. The molecule has 0 bridgehead atoms. The smallest absolute Gasteiger partial charge is 0.257 e. The van der Waals surface area contributed by atoms with Crippen LogP contribution in [0.5, 0.6) is 0 Å². The van der Waals surface area contributed by atoms with Crippen LogP contribution in [-0.2, 0) is 0 Å². The number of nitrogens with two attached hydrogens (primary N) is 1. The number of hydrogen-bond acceptors (Lipinski definition) is 3. The molecule has 0 unspecified atom stereocenters. The van der Waals surface area contributed by atoms with Crippen LogP contribution in [-0.4, -0.2) is 10.9 Å². The molecule has 98 valence electrons. The fourth-order valence-electron chi connectivity index (χ4n) is 1.42. The molecule has 0 radical (unpaired) electrons. The van der Waals surface area contributed by atoms with Crippen molar-refractivity contribution in [3.8, 4) is 0 Å². The van der Waals surface area contributed by atoms with Crippen molar-refractivity contribution in [2.45, 2.75) is 0 Å². The first-order valence-corrected chi connectivity index (χ1v) is 6.69. The van der Waals surface area contributed by atoms with Gasteiger partial charge >= 0.3 is 0 Å². The summed E-state index contributed by atoms with van der Waals surface area (Å²) in [5, 5.41) is 3.48. The third kappa shape index (κ3) is 3.37. The SMILES string of the molecule is Nc1cnc(Cl)cc1C(=O)Nc1ccc(Cl)cc1Br. The van der Waals surface area contributed by atoms with Gasteiger partial charge < -0.3 is 11.1 Å². The third-order valence-electron chi connectivity index (χ3n) is 2.33. The van der Waals surface area contributed by atoms with Crippen molar-refractivity contribution in [2.75, 3.05) is 11.1 Å². The van der Waals surface area contributed by atoms with Crippen LogP contribution < -0.4 is 11.1 Å². The Hall–Kier alpha value is -1.30. The van der Waals surface area contributed by atoms with Crippen LogP contribution in [0.2, 0.25) is 10.2 Å². The van der Waals surface area contributed by atoms with Gasteiger partial charge in [-0.3, -0.25) is 4.79 Å². The number of benzene rings is 1. The standard InChI is InChI=1S/C12H8BrCl2N3O/c13-8-3-6(14)1-2-10(8)18-12(19)7-4-11(15)17-5-9(7)16/h1-5H,16H2,(H,18,19). The second kappa shape index (κ2) is 5.77. The highest BCUT2D eigenvalue weighted by atomic mass is 79.9. The normalized spacial score (nSPS) is 10.3. The molecule has 0 spiro atoms. The number of carbonyl (C=O) groups is 1. The number of anilines is 2. The summed E-state index contributed by atoms with van der Waals surface area (Å²) < 4.78 is 0.673. The maximum Gasteiger partial charge on any atom is 0.257 e. The van der Waals surface area contributed by atoms with E-state index < -0.39 is 0 Å². The number of rotatable bonds is 2. The van der Waals surface area contributed by atoms with Crippen LogP contribution in [0.1, 0.15) is 10.4 Å². The van der Waals surface area contributed by atoms with E-state index in [2.05, 4.69) is 26.2 Å². The molecule has 1 heterocycles. The Morgan fingerprint density at radius 2 is 2.05 bits per heavy atom. The van der Waals surface area contributed by atoms with Gasteiger partial charge in [0.05, 0.1) is 23.1 Å². The lowest BCUT2D eigenvalue weighted by Crippen LogP contribution is -2.14. The Balaban J connectivity index is 2.28. The predicted octanol–water partition coefficient (Wildman–Crippen LogP) is 3.99. The van der Waals surface area contributed by atoms with E-state index in [1.807, 2.05) is 0 Å². The highest BCUT2D eigenvalue weighted by Gasteiger charge is 2.12. The number of aromatic nitrogens is 1. The lowest BCUT2D eigenvalue weighted by atomic mass is 10.2. The first kappa shape index (κ1) is 14.1. The number of nitrogens with one attached hydrogen (secondary N) is 1. The van der Waals surface area contributed by atoms with Crippen molar-refractivity contribution in [1.29, 1.82) is 0 Å². The van der Waals surface area contributed by atoms with Gasteiger partial charge in [0, 0.05) is 9.50 Å². The van der Waals surface area contributed by atoms with Crippen LogP contribution >= 0.6 is 39.1 Å². The molecule has 7 heteroatoms. The van der Waals surface area contributed by atoms with Gasteiger partial charge in [-0.2, -0.15) is 0 Å². The number of nitrogen functional groups attached to an aromatic ring is 1. The number of halogens is 3. The summed E-state index contributed by atoms with van der Waals surface area (Å²) in [7, 11) is 0. The van der Waals surface area contributed by atoms with Crippen LogP contribution in [0.4, 0.5) is 11.4 Å². The molecule has 1 aromatic heterocycles. The number of nitrogens with zero attached hydrogens (tertiary/aromatic N) is 1. The molecule has 0 aliphatic heterocycles. The minimum atomic E-state index is -0.371. The highest BCUT2D eigenvalue weighted by Crippen LogP contribution is 2.27. The van der Waals surface area contributed by atoms with E-state index in [9.17, 15) is 4.79 Å². The van der Waals surface area contributed by atoms with Gasteiger partial charge in [0.25, 0.3) is 5.91 Å². The lowest BCUT2D eigenvalue weighted by Gasteiger charge is -2.09. The molecule has 3 N–H and O–H groups in total. The van der Waals surface area contributed by atoms with Gasteiger partial charge in [-0.15, -0.1) is 0 Å². The summed E-state index contributed by atoms with van der Waals surface area (Å²) in [6, 6.07) is 6.45. The van der Waals surface area contributed by atoms with Crippen molar-refractivity contribution in [3.05, 3.63) is 50.7 Å². The molecule has 1 aromatic carbocycles. The Kier molecular flexibility index (Phi) is 4.29. The lowest BCUT2D eigenvalue weighted by molar-refractivity contribution is 0.102. The number of carbonyl (C=O) groups excluding carboxylic acids is 1. The molecule has 2 aromatic rings. The fourth-order valence-corrected chi connectivity index (χ4v) is 2.36. The molecule has 0 saturated heterocycles. The maximum atomic E-state index is 12.1. The average molecular weight is 361 g/mol. The minimum Gasteiger partial charge on any atom is -0.397 e. The molecule has 2 rings (SSSR count). The summed E-state index contributed by atoms with van der Waals surface area (Å²) in [5.74, 6) is -0.371. The van der Waals surface area contributed by atoms with Gasteiger partial charge in [0.15, 0.2) is 0 Å². The zero-order chi connectivity index (χ0) is 14.0. The first-order valence-electron chi connectivity index (χ1n) is 5.15. The van der Waals surface area contributed by atoms with Crippen LogP contribution in [0.3, 0.4) is 0 Å². The second-order valence-corrected chi connectivity index (χ2v) is 5.35. The van der Waals surface area contributed by atoms with E-state index in [0.717, 1.165) is 0 Å². The predicted molar refractivity (Wildman–Crippen MR) is 80.8 cm³/mol. The molecule has 19 heavy (non-hydrogen) atoms. The van der Waals surface area contributed by atoms with Crippen molar-refractivity contribution in [2.24, 2.45) is 0 Å². The van der Waals surface area contributed by atoms with Gasteiger partial charge in [-0.25, -0.2) is 4.98 Å². The fraction of sp³-hybridized carbons (Fsp3) is 0. The van der Waals surface area contributed by atoms with E-state index in [1.165, 1.54) is 12.3 Å². The summed E-state index contributed by atoms with van der Waals surface area (Å²) in [6.07, 6.45) is 1.34. The van der Waals surface area contributed by atoms with Gasteiger partial charge in [-0.05, 0) is 40.2 Å². The van der Waals surface area contributed by atoms with Crippen molar-refractivity contribution in [1.82, 2.24) is 4.98 Å². The van der Waals surface area contributed by atoms with Crippen molar-refractivity contribution >= 4 is 56.4 Å². The summed E-state index contributed by atoms with van der Waals surface area (Å²) in [5.41, 5.74) is 6.80. The number of hydrogen-bond donors (Lipinski definition) is 2. The van der Waals surface area contributed by atoms with E-state index in [1.54, 1.807) is 18.2 Å². The summed E-state index contributed by atoms with van der Waals surface area (Å²) in [4.78, 5) is 15.9. The first-order chi connectivity index (χ1) is 8.97. The molecular formula is C12H8BrCl2N3O. The minimum absolute atomic E-state index is 0.203. The summed E-state index contributed by atoms with van der Waals surface area (Å²) in [6.45, 7) is 0. The quantitative estimate of drug-likeness (QED) is 0.795. The Labute approximate surface area is 128 Å². The van der Waals surface area contributed by atoms with E-state index in [0.29, 0.717) is 15.2 Å². The van der Waals surface area contributed by atoms with Crippen LogP contribution in [0.15, 0.2) is 34.9 Å². The average Bonchev–Trinajstić information content (AvgIpc) is 2.35. The third-order valence-corrected chi connectivity index (χ3v) is 3.42. The molecule has 1 amide bonds. The van der Waals surface area contributed by atoms with Crippen LogP contribution in [0, 0.1) is 0 Å². The van der Waals surface area contributed by atoms with Crippen molar-refractivity contribution < 1.29 is 4.79 Å². The van der Waals surface area contributed by atoms with E-state index >= 15 is 0 Å². The Morgan fingerprint density at radius 1 is 1.32 bits per heavy atom. The van der Waals surface area contributed by atoms with Crippen molar-refractivity contribution in [3.63, 3.8) is 0 Å². The van der Waals surface area contributed by atoms with E-state index in [-0.39, 0.29) is 22.3 Å².